The summed E-state index contributed by atoms with van der Waals surface area (Å²) in [5.74, 6) is 0.633. The summed E-state index contributed by atoms with van der Waals surface area (Å²) in [5, 5.41) is 9.18. The molecule has 3 aromatic heterocycles. The molecule has 1 fully saturated rings. The van der Waals surface area contributed by atoms with Crippen LogP contribution in [-0.2, 0) is 33.0 Å². The largest absolute Gasteiger partial charge is 0.309 e. The van der Waals surface area contributed by atoms with Crippen LogP contribution >= 0.6 is 11.3 Å². The van der Waals surface area contributed by atoms with Crippen LogP contribution in [0.5, 0.6) is 0 Å². The minimum absolute atomic E-state index is 0.182. The Morgan fingerprint density at radius 3 is 2.74 bits per heavy atom. The molecule has 1 unspecified atom stereocenters. The predicted octanol–water partition coefficient (Wildman–Crippen LogP) is 4.04. The van der Waals surface area contributed by atoms with E-state index in [2.05, 4.69) is 24.3 Å². The van der Waals surface area contributed by atoms with Crippen LogP contribution in [0.25, 0.3) is 10.2 Å². The number of hydrogen-bond donors (Lipinski definition) is 1. The van der Waals surface area contributed by atoms with Gasteiger partial charge in [-0.3, -0.25) is 14.0 Å². The predicted molar refractivity (Wildman–Crippen MR) is 126 cm³/mol. The van der Waals surface area contributed by atoms with Crippen molar-refractivity contribution in [2.75, 3.05) is 0 Å². The van der Waals surface area contributed by atoms with Gasteiger partial charge in [-0.25, -0.2) is 4.98 Å². The van der Waals surface area contributed by atoms with Crippen LogP contribution in [0.2, 0.25) is 0 Å². The molecule has 5 rings (SSSR count). The topological polar surface area (TPSA) is 64.7 Å². The van der Waals surface area contributed by atoms with E-state index in [-0.39, 0.29) is 5.56 Å². The van der Waals surface area contributed by atoms with E-state index < -0.39 is 0 Å². The third-order valence-electron chi connectivity index (χ3n) is 7.44. The van der Waals surface area contributed by atoms with Gasteiger partial charge in [0.05, 0.1) is 17.4 Å². The molecule has 3 aromatic rings. The Morgan fingerprint density at radius 1 is 1.19 bits per heavy atom. The van der Waals surface area contributed by atoms with Crippen LogP contribution in [-0.4, -0.2) is 25.4 Å². The van der Waals surface area contributed by atoms with Gasteiger partial charge in [0.1, 0.15) is 4.83 Å². The zero-order chi connectivity index (χ0) is 21.5. The highest BCUT2D eigenvalue weighted by Crippen LogP contribution is 2.34. The maximum Gasteiger partial charge on any atom is 0.262 e. The maximum absolute atomic E-state index is 13.3. The van der Waals surface area contributed by atoms with Crippen LogP contribution in [0.1, 0.15) is 65.9 Å². The fourth-order valence-electron chi connectivity index (χ4n) is 5.47. The molecule has 3 heterocycles. The summed E-state index contributed by atoms with van der Waals surface area (Å²) >= 11 is 1.72. The van der Waals surface area contributed by atoms with Gasteiger partial charge in [0.2, 0.25) is 0 Å². The third kappa shape index (κ3) is 3.98. The van der Waals surface area contributed by atoms with Gasteiger partial charge in [-0.05, 0) is 57.4 Å². The molecule has 0 aromatic carbocycles. The number of hydrogen-bond acceptors (Lipinski definition) is 5. The average molecular weight is 440 g/mol. The van der Waals surface area contributed by atoms with Crippen LogP contribution in [0.4, 0.5) is 0 Å². The van der Waals surface area contributed by atoms with Gasteiger partial charge in [-0.15, -0.1) is 11.3 Å². The smallest absolute Gasteiger partial charge is 0.262 e. The fourth-order valence-corrected chi connectivity index (χ4v) is 6.73. The lowest BCUT2D eigenvalue weighted by molar-refractivity contribution is 0.315. The second-order valence-electron chi connectivity index (χ2n) is 9.48. The van der Waals surface area contributed by atoms with Crippen molar-refractivity contribution in [3.63, 3.8) is 0 Å². The molecule has 6 nitrogen and oxygen atoms in total. The molecule has 0 aliphatic heterocycles. The highest BCUT2D eigenvalue weighted by atomic mass is 32.1. The first kappa shape index (κ1) is 20.9. The van der Waals surface area contributed by atoms with Crippen LogP contribution in [0.15, 0.2) is 11.1 Å². The summed E-state index contributed by atoms with van der Waals surface area (Å²) in [6, 6.07) is 0.434. The van der Waals surface area contributed by atoms with Crippen molar-refractivity contribution in [1.29, 1.82) is 0 Å². The zero-order valence-corrected chi connectivity index (χ0v) is 19.7. The maximum atomic E-state index is 13.3. The van der Waals surface area contributed by atoms with Crippen molar-refractivity contribution < 1.29 is 0 Å². The Morgan fingerprint density at radius 2 is 2.00 bits per heavy atom. The second-order valence-corrected chi connectivity index (χ2v) is 10.6. The number of nitrogens with one attached hydrogen (secondary N) is 1. The number of aryl methyl sites for hydroxylation is 3. The Kier molecular flexibility index (Phi) is 5.73. The molecule has 2 aliphatic rings. The van der Waals surface area contributed by atoms with Gasteiger partial charge in [-0.2, -0.15) is 5.10 Å². The van der Waals surface area contributed by atoms with Crippen molar-refractivity contribution in [3.05, 3.63) is 44.1 Å². The lowest BCUT2D eigenvalue weighted by atomic mass is 9.89. The van der Waals surface area contributed by atoms with Gasteiger partial charge >= 0.3 is 0 Å². The third-order valence-corrected chi connectivity index (χ3v) is 8.60. The quantitative estimate of drug-likeness (QED) is 0.652. The van der Waals surface area contributed by atoms with E-state index in [1.54, 1.807) is 17.7 Å². The first-order chi connectivity index (χ1) is 15.0. The fraction of sp³-hybridized carbons (Fsp3) is 0.625. The number of aromatic nitrogens is 4. The first-order valence-electron chi connectivity index (χ1n) is 11.7. The molecular weight excluding hydrogens is 406 g/mol. The molecular formula is C24H33N5OS. The van der Waals surface area contributed by atoms with Gasteiger partial charge in [-0.1, -0.05) is 19.3 Å². The molecule has 0 bridgehead atoms. The lowest BCUT2D eigenvalue weighted by Crippen LogP contribution is -2.34. The lowest BCUT2D eigenvalue weighted by Gasteiger charge is -2.24. The van der Waals surface area contributed by atoms with E-state index in [1.165, 1.54) is 53.8 Å². The van der Waals surface area contributed by atoms with Gasteiger partial charge in [0.15, 0.2) is 0 Å². The standard InChI is InChI=1S/C24H33N5OS/c1-15-20(16(2)28(3)27-15)12-25-18-9-10-19-21(11-18)31-23-22(19)24(30)29(14-26-23)13-17-7-5-4-6-8-17/h14,17-18,25H,4-13H2,1-3H3. The molecule has 31 heavy (non-hydrogen) atoms. The minimum Gasteiger partial charge on any atom is -0.309 e. The Hall–Kier alpha value is -1.99. The number of nitrogens with zero attached hydrogens (tertiary/aromatic N) is 4. The molecule has 0 saturated heterocycles. The Labute approximate surface area is 187 Å². The van der Waals surface area contributed by atoms with E-state index in [1.807, 2.05) is 16.3 Å². The van der Waals surface area contributed by atoms with Crippen LogP contribution in [0.3, 0.4) is 0 Å². The molecule has 1 saturated carbocycles. The summed E-state index contributed by atoms with van der Waals surface area (Å²) in [4.78, 5) is 20.3. The minimum atomic E-state index is 0.182. The molecule has 1 atom stereocenters. The van der Waals surface area contributed by atoms with Gasteiger partial charge < -0.3 is 5.32 Å². The summed E-state index contributed by atoms with van der Waals surface area (Å²) in [6.07, 6.45) is 11.2. The first-order valence-corrected chi connectivity index (χ1v) is 12.5. The summed E-state index contributed by atoms with van der Waals surface area (Å²) in [7, 11) is 2.00. The van der Waals surface area contributed by atoms with Crippen molar-refractivity contribution in [2.45, 2.75) is 84.3 Å². The Balaban J connectivity index is 1.33. The molecule has 7 heteroatoms. The van der Waals surface area contributed by atoms with E-state index in [9.17, 15) is 4.79 Å². The highest BCUT2D eigenvalue weighted by Gasteiger charge is 2.26. The molecule has 0 amide bonds. The molecule has 166 valence electrons. The number of fused-ring (bicyclic) bond motifs is 3. The average Bonchev–Trinajstić information content (AvgIpc) is 3.25. The van der Waals surface area contributed by atoms with E-state index in [0.29, 0.717) is 12.0 Å². The van der Waals surface area contributed by atoms with E-state index >= 15 is 0 Å². The normalized spacial score (nSPS) is 19.8. The molecule has 0 spiro atoms. The van der Waals surface area contributed by atoms with Crippen LogP contribution < -0.4 is 10.9 Å². The molecule has 2 aliphatic carbocycles. The SMILES string of the molecule is Cc1nn(C)c(C)c1CNC1CCc2c(sc3ncn(CC4CCCCC4)c(=O)c23)C1. The van der Waals surface area contributed by atoms with Gasteiger partial charge in [0.25, 0.3) is 5.56 Å². The molecule has 1 N–H and O–H groups in total. The monoisotopic (exact) mass is 439 g/mol. The van der Waals surface area contributed by atoms with Crippen LogP contribution in [0, 0.1) is 19.8 Å². The summed E-state index contributed by atoms with van der Waals surface area (Å²) in [5.41, 5.74) is 5.08. The Bertz CT molecular complexity index is 1150. The molecule has 0 radical (unpaired) electrons. The van der Waals surface area contributed by atoms with E-state index in [4.69, 9.17) is 4.98 Å². The van der Waals surface area contributed by atoms with Crippen molar-refractivity contribution in [1.82, 2.24) is 24.6 Å². The zero-order valence-electron chi connectivity index (χ0n) is 18.9. The highest BCUT2D eigenvalue weighted by molar-refractivity contribution is 7.18. The van der Waals surface area contributed by atoms with Crippen molar-refractivity contribution in [3.8, 4) is 0 Å². The number of thiophene rings is 1. The van der Waals surface area contributed by atoms with Crippen molar-refractivity contribution in [2.24, 2.45) is 13.0 Å². The number of rotatable bonds is 5. The van der Waals surface area contributed by atoms with E-state index in [0.717, 1.165) is 48.3 Å². The summed E-state index contributed by atoms with van der Waals surface area (Å²) in [6.45, 7) is 5.90. The second kappa shape index (κ2) is 8.51. The van der Waals surface area contributed by atoms with Gasteiger partial charge in [0, 0.05) is 42.3 Å². The van der Waals surface area contributed by atoms with Crippen molar-refractivity contribution >= 4 is 21.6 Å². The summed E-state index contributed by atoms with van der Waals surface area (Å²) < 4.78 is 3.85.